The van der Waals surface area contributed by atoms with Gasteiger partial charge in [0.15, 0.2) is 0 Å². The molecule has 1 aromatic rings. The van der Waals surface area contributed by atoms with Crippen LogP contribution in [-0.4, -0.2) is 24.5 Å². The molecule has 17 heavy (non-hydrogen) atoms. The lowest BCUT2D eigenvalue weighted by atomic mass is 9.97. The van der Waals surface area contributed by atoms with Gasteiger partial charge in [0.25, 0.3) is 0 Å². The largest absolute Gasteiger partial charge is 0.397 e. The first-order chi connectivity index (χ1) is 7.94. The maximum absolute atomic E-state index is 11.9. The highest BCUT2D eigenvalue weighted by Crippen LogP contribution is 2.32. The highest BCUT2D eigenvalue weighted by Gasteiger charge is 2.38. The van der Waals surface area contributed by atoms with Gasteiger partial charge in [-0.15, -0.1) is 0 Å². The Hall–Kier alpha value is -1.71. The average molecular weight is 233 g/mol. The van der Waals surface area contributed by atoms with Crippen LogP contribution in [0.4, 0.5) is 11.4 Å². The molecule has 1 aliphatic rings. The fraction of sp³-hybridized carbons (Fsp3) is 0.462. The number of benzene rings is 1. The summed E-state index contributed by atoms with van der Waals surface area (Å²) in [6, 6.07) is 5.93. The third-order valence-electron chi connectivity index (χ3n) is 3.44. The number of hydrogen-bond donors (Lipinski definition) is 2. The number of nitrogen functional groups attached to an aromatic ring is 1. The number of aryl methyl sites for hydroxylation is 1. The van der Waals surface area contributed by atoms with Gasteiger partial charge >= 0.3 is 0 Å². The quantitative estimate of drug-likeness (QED) is 0.719. The molecule has 0 radical (unpaired) electrons. The molecule has 0 saturated carbocycles. The molecule has 2 rings (SSSR count). The summed E-state index contributed by atoms with van der Waals surface area (Å²) in [6.07, 6.45) is 0. The molecule has 4 nitrogen and oxygen atoms in total. The van der Waals surface area contributed by atoms with Crippen LogP contribution in [0.5, 0.6) is 0 Å². The van der Waals surface area contributed by atoms with Crippen molar-refractivity contribution < 1.29 is 4.79 Å². The Bertz CT molecular complexity index is 454. The molecule has 1 saturated heterocycles. The van der Waals surface area contributed by atoms with Crippen molar-refractivity contribution >= 4 is 17.3 Å². The van der Waals surface area contributed by atoms with Gasteiger partial charge in [-0.3, -0.25) is 4.79 Å². The molecule has 1 amide bonds. The van der Waals surface area contributed by atoms with Crippen molar-refractivity contribution in [3.8, 4) is 0 Å². The third-order valence-corrected chi connectivity index (χ3v) is 3.44. The van der Waals surface area contributed by atoms with E-state index < -0.39 is 5.54 Å². The molecule has 1 aliphatic heterocycles. The molecule has 0 aliphatic carbocycles. The van der Waals surface area contributed by atoms with E-state index in [2.05, 4.69) is 10.2 Å². The molecule has 1 heterocycles. The maximum atomic E-state index is 11.9. The summed E-state index contributed by atoms with van der Waals surface area (Å²) in [7, 11) is 0. The first-order valence-electron chi connectivity index (χ1n) is 5.85. The van der Waals surface area contributed by atoms with Crippen LogP contribution in [0.25, 0.3) is 0 Å². The van der Waals surface area contributed by atoms with Crippen LogP contribution in [0.2, 0.25) is 0 Å². The van der Waals surface area contributed by atoms with Crippen molar-refractivity contribution in [1.82, 2.24) is 5.32 Å². The summed E-state index contributed by atoms with van der Waals surface area (Å²) >= 11 is 0. The monoisotopic (exact) mass is 233 g/mol. The smallest absolute Gasteiger partial charge is 0.245 e. The molecule has 3 N–H and O–H groups in total. The van der Waals surface area contributed by atoms with E-state index in [4.69, 9.17) is 5.73 Å². The van der Waals surface area contributed by atoms with Gasteiger partial charge in [-0.05, 0) is 32.4 Å². The number of piperazine rings is 1. The Balaban J connectivity index is 2.45. The minimum atomic E-state index is -0.555. The van der Waals surface area contributed by atoms with Crippen LogP contribution in [-0.2, 0) is 4.79 Å². The van der Waals surface area contributed by atoms with Gasteiger partial charge in [0, 0.05) is 13.1 Å². The summed E-state index contributed by atoms with van der Waals surface area (Å²) in [5.41, 5.74) is 8.31. The van der Waals surface area contributed by atoms with Crippen LogP contribution in [0.15, 0.2) is 18.2 Å². The topological polar surface area (TPSA) is 58.4 Å². The van der Waals surface area contributed by atoms with Crippen LogP contribution in [0, 0.1) is 6.92 Å². The normalized spacial score (nSPS) is 19.0. The Labute approximate surface area is 102 Å². The van der Waals surface area contributed by atoms with E-state index >= 15 is 0 Å². The van der Waals surface area contributed by atoms with E-state index in [9.17, 15) is 4.79 Å². The molecule has 0 spiro atoms. The highest BCUT2D eigenvalue weighted by atomic mass is 16.2. The van der Waals surface area contributed by atoms with Crippen LogP contribution in [0.3, 0.4) is 0 Å². The summed E-state index contributed by atoms with van der Waals surface area (Å²) in [5.74, 6) is 0.0460. The van der Waals surface area contributed by atoms with Crippen molar-refractivity contribution in [2.75, 3.05) is 23.7 Å². The number of para-hydroxylation sites is 1. The van der Waals surface area contributed by atoms with Crippen molar-refractivity contribution in [2.24, 2.45) is 0 Å². The predicted octanol–water partition coefficient (Wildman–Crippen LogP) is 1.29. The van der Waals surface area contributed by atoms with E-state index in [0.717, 1.165) is 23.5 Å². The number of carbonyl (C=O) groups excluding carboxylic acids is 1. The van der Waals surface area contributed by atoms with Crippen molar-refractivity contribution in [2.45, 2.75) is 26.3 Å². The van der Waals surface area contributed by atoms with Gasteiger partial charge in [0.1, 0.15) is 5.54 Å². The van der Waals surface area contributed by atoms with E-state index in [1.807, 2.05) is 39.0 Å². The van der Waals surface area contributed by atoms with Crippen molar-refractivity contribution in [3.63, 3.8) is 0 Å². The first-order valence-corrected chi connectivity index (χ1v) is 5.85. The molecule has 92 valence electrons. The van der Waals surface area contributed by atoms with E-state index in [1.54, 1.807) is 0 Å². The van der Waals surface area contributed by atoms with Gasteiger partial charge < -0.3 is 16.0 Å². The number of nitrogens with zero attached hydrogens (tertiary/aromatic N) is 1. The summed E-state index contributed by atoms with van der Waals surface area (Å²) in [5, 5.41) is 2.88. The molecule has 1 aromatic carbocycles. The number of amides is 1. The molecule has 4 heteroatoms. The second kappa shape index (κ2) is 3.95. The molecule has 0 bridgehead atoms. The first kappa shape index (κ1) is 11.8. The zero-order chi connectivity index (χ0) is 12.6. The number of hydrogen-bond acceptors (Lipinski definition) is 3. The Morgan fingerprint density at radius 2 is 2.12 bits per heavy atom. The van der Waals surface area contributed by atoms with Crippen LogP contribution in [0.1, 0.15) is 19.4 Å². The molecule has 0 aromatic heterocycles. The Morgan fingerprint density at radius 1 is 1.41 bits per heavy atom. The molecule has 0 atom stereocenters. The van der Waals surface area contributed by atoms with Crippen LogP contribution >= 0.6 is 0 Å². The van der Waals surface area contributed by atoms with Gasteiger partial charge in [0.2, 0.25) is 5.91 Å². The summed E-state index contributed by atoms with van der Waals surface area (Å²) in [4.78, 5) is 14.0. The lowest BCUT2D eigenvalue weighted by Gasteiger charge is -2.43. The molecular formula is C13H19N3O. The summed E-state index contributed by atoms with van der Waals surface area (Å²) < 4.78 is 0. The molecule has 0 unspecified atom stereocenters. The standard InChI is InChI=1S/C13H19N3O/c1-9-5-4-6-10(11(9)14)16-8-7-15-12(17)13(16,2)3/h4-6H,7-8,14H2,1-3H3,(H,15,17). The van der Waals surface area contributed by atoms with Gasteiger partial charge in [-0.25, -0.2) is 0 Å². The van der Waals surface area contributed by atoms with Gasteiger partial charge in [-0.1, -0.05) is 12.1 Å². The fourth-order valence-corrected chi connectivity index (χ4v) is 2.22. The van der Waals surface area contributed by atoms with E-state index in [-0.39, 0.29) is 5.91 Å². The zero-order valence-electron chi connectivity index (χ0n) is 10.6. The van der Waals surface area contributed by atoms with Gasteiger partial charge in [-0.2, -0.15) is 0 Å². The third kappa shape index (κ3) is 1.84. The molecular weight excluding hydrogens is 214 g/mol. The maximum Gasteiger partial charge on any atom is 0.245 e. The highest BCUT2D eigenvalue weighted by molar-refractivity contribution is 5.91. The lowest BCUT2D eigenvalue weighted by molar-refractivity contribution is -0.126. The Kier molecular flexibility index (Phi) is 2.73. The summed E-state index contributed by atoms with van der Waals surface area (Å²) in [6.45, 7) is 7.27. The zero-order valence-corrected chi connectivity index (χ0v) is 10.6. The minimum absolute atomic E-state index is 0.0460. The van der Waals surface area contributed by atoms with Crippen molar-refractivity contribution in [3.05, 3.63) is 23.8 Å². The molecule has 1 fully saturated rings. The second-order valence-electron chi connectivity index (χ2n) is 4.97. The number of nitrogens with one attached hydrogen (secondary N) is 1. The second-order valence-corrected chi connectivity index (χ2v) is 4.97. The number of anilines is 2. The minimum Gasteiger partial charge on any atom is -0.397 e. The average Bonchev–Trinajstić information content (AvgIpc) is 2.27. The number of carbonyl (C=O) groups is 1. The predicted molar refractivity (Wildman–Crippen MR) is 70.0 cm³/mol. The van der Waals surface area contributed by atoms with Crippen LogP contribution < -0.4 is 16.0 Å². The van der Waals surface area contributed by atoms with Crippen molar-refractivity contribution in [1.29, 1.82) is 0 Å². The van der Waals surface area contributed by atoms with E-state index in [0.29, 0.717) is 6.54 Å². The lowest BCUT2D eigenvalue weighted by Crippen LogP contribution is -2.62. The van der Waals surface area contributed by atoms with Gasteiger partial charge in [0.05, 0.1) is 11.4 Å². The van der Waals surface area contributed by atoms with E-state index in [1.165, 1.54) is 0 Å². The number of nitrogens with two attached hydrogens (primary N) is 1. The fourth-order valence-electron chi connectivity index (χ4n) is 2.22. The Morgan fingerprint density at radius 3 is 2.82 bits per heavy atom. The number of rotatable bonds is 1. The SMILES string of the molecule is Cc1cccc(N2CCNC(=O)C2(C)C)c1N.